The Labute approximate surface area is 142 Å². The largest absolute Gasteiger partial charge is 0.452 e. The predicted octanol–water partition coefficient (Wildman–Crippen LogP) is 3.06. The van der Waals surface area contributed by atoms with Crippen LogP contribution in [0, 0.1) is 0 Å². The maximum Gasteiger partial charge on any atom is 0.338 e. The summed E-state index contributed by atoms with van der Waals surface area (Å²) in [6.45, 7) is 8.28. The van der Waals surface area contributed by atoms with E-state index in [-0.39, 0.29) is 12.5 Å². The van der Waals surface area contributed by atoms with Crippen LogP contribution >= 0.6 is 0 Å². The summed E-state index contributed by atoms with van der Waals surface area (Å²) in [5.41, 5.74) is 2.25. The number of hydrogen-bond acceptors (Lipinski definition) is 3. The van der Waals surface area contributed by atoms with Gasteiger partial charge in [-0.15, -0.1) is 0 Å². The van der Waals surface area contributed by atoms with Gasteiger partial charge in [-0.25, -0.2) is 4.79 Å². The number of likely N-dealkylation sites (N-methyl/N-ethyl adjacent to an activating group) is 1. The topological polar surface area (TPSA) is 51.5 Å². The molecule has 0 saturated heterocycles. The molecule has 2 aromatic rings. The second kappa shape index (κ2) is 8.15. The zero-order valence-corrected chi connectivity index (χ0v) is 14.1. The molecule has 0 bridgehead atoms. The van der Waals surface area contributed by atoms with Crippen LogP contribution < -0.4 is 0 Å². The fraction of sp³-hybridized carbons (Fsp3) is 0.263. The van der Waals surface area contributed by atoms with Gasteiger partial charge in [-0.1, -0.05) is 12.2 Å². The number of carbonyl (C=O) groups excluding carboxylic acids is 2. The first-order valence-corrected chi connectivity index (χ1v) is 7.84. The van der Waals surface area contributed by atoms with Crippen LogP contribution in [0.4, 0.5) is 0 Å². The van der Waals surface area contributed by atoms with E-state index < -0.39 is 5.97 Å². The number of nitrogens with zero attached hydrogens (tertiary/aromatic N) is 2. The molecule has 0 radical (unpaired) electrons. The summed E-state index contributed by atoms with van der Waals surface area (Å²) in [5, 5.41) is 0. The Hall–Kier alpha value is -2.82. The van der Waals surface area contributed by atoms with E-state index in [4.69, 9.17) is 4.74 Å². The summed E-state index contributed by atoms with van der Waals surface area (Å²) in [7, 11) is 0. The zero-order valence-electron chi connectivity index (χ0n) is 14.1. The predicted molar refractivity (Wildman–Crippen MR) is 93.1 cm³/mol. The van der Waals surface area contributed by atoms with E-state index in [1.54, 1.807) is 17.0 Å². The molecule has 0 N–H and O–H groups in total. The minimum atomic E-state index is -0.506. The van der Waals surface area contributed by atoms with Gasteiger partial charge in [0.15, 0.2) is 6.61 Å². The molecule has 1 aromatic heterocycles. The quantitative estimate of drug-likeness (QED) is 0.580. The number of esters is 1. The van der Waals surface area contributed by atoms with E-state index in [0.717, 1.165) is 11.3 Å². The van der Waals surface area contributed by atoms with Crippen molar-refractivity contribution in [1.82, 2.24) is 9.47 Å². The van der Waals surface area contributed by atoms with Crippen molar-refractivity contribution in [3.63, 3.8) is 0 Å². The highest BCUT2D eigenvalue weighted by Crippen LogP contribution is 2.11. The molecule has 5 heteroatoms. The lowest BCUT2D eigenvalue weighted by molar-refractivity contribution is -0.133. The molecule has 5 nitrogen and oxygen atoms in total. The third kappa shape index (κ3) is 4.59. The number of carbonyl (C=O) groups is 2. The molecule has 1 amide bonds. The fourth-order valence-corrected chi connectivity index (χ4v) is 2.28. The molecule has 2 rings (SSSR count). The lowest BCUT2D eigenvalue weighted by Crippen LogP contribution is -2.35. The Balaban J connectivity index is 1.92. The Morgan fingerprint density at radius 3 is 2.33 bits per heavy atom. The van der Waals surface area contributed by atoms with E-state index in [9.17, 15) is 9.59 Å². The van der Waals surface area contributed by atoms with Gasteiger partial charge in [-0.3, -0.25) is 4.79 Å². The van der Waals surface area contributed by atoms with Crippen LogP contribution in [0.15, 0.2) is 60.9 Å². The van der Waals surface area contributed by atoms with Crippen LogP contribution in [0.1, 0.15) is 24.2 Å². The molecule has 0 fully saturated rings. The number of rotatable bonds is 7. The van der Waals surface area contributed by atoms with Crippen molar-refractivity contribution in [2.75, 3.05) is 19.7 Å². The van der Waals surface area contributed by atoms with Gasteiger partial charge < -0.3 is 14.2 Å². The van der Waals surface area contributed by atoms with Crippen LogP contribution in [0.25, 0.3) is 5.69 Å². The standard InChI is InChI=1S/C19H22N2O3/c1-4-20(13-15(2)3)18(22)14-24-19(23)16-7-9-17(10-8-16)21-11-5-6-12-21/h5-12H,2,4,13-14H2,1,3H3. The first-order chi connectivity index (χ1) is 11.5. The third-order valence-electron chi connectivity index (χ3n) is 3.53. The van der Waals surface area contributed by atoms with E-state index in [1.807, 2.05) is 55.1 Å². The van der Waals surface area contributed by atoms with Crippen LogP contribution in [0.3, 0.4) is 0 Å². The number of hydrogen-bond donors (Lipinski definition) is 0. The summed E-state index contributed by atoms with van der Waals surface area (Å²) < 4.78 is 7.06. The van der Waals surface area contributed by atoms with E-state index in [0.29, 0.717) is 18.7 Å². The van der Waals surface area contributed by atoms with E-state index in [1.165, 1.54) is 0 Å². The zero-order chi connectivity index (χ0) is 17.5. The van der Waals surface area contributed by atoms with E-state index in [2.05, 4.69) is 6.58 Å². The second-order valence-electron chi connectivity index (χ2n) is 5.58. The molecule has 0 spiro atoms. The first kappa shape index (κ1) is 17.5. The number of amides is 1. The van der Waals surface area contributed by atoms with Crippen LogP contribution in [-0.4, -0.2) is 41.0 Å². The summed E-state index contributed by atoms with van der Waals surface area (Å²) in [6, 6.07) is 10.9. The number of aromatic nitrogens is 1. The minimum Gasteiger partial charge on any atom is -0.452 e. The maximum atomic E-state index is 12.1. The van der Waals surface area contributed by atoms with Gasteiger partial charge in [0.05, 0.1) is 5.56 Å². The van der Waals surface area contributed by atoms with Gasteiger partial charge in [0.2, 0.25) is 0 Å². The Morgan fingerprint density at radius 2 is 1.79 bits per heavy atom. The minimum absolute atomic E-state index is 0.224. The second-order valence-corrected chi connectivity index (χ2v) is 5.58. The molecule has 0 aliphatic carbocycles. The van der Waals surface area contributed by atoms with Gasteiger partial charge in [-0.05, 0) is 50.2 Å². The average Bonchev–Trinajstić information content (AvgIpc) is 3.11. The maximum absolute atomic E-state index is 12.1. The number of benzene rings is 1. The molecule has 24 heavy (non-hydrogen) atoms. The number of ether oxygens (including phenoxy) is 1. The van der Waals surface area contributed by atoms with Crippen molar-refractivity contribution < 1.29 is 14.3 Å². The van der Waals surface area contributed by atoms with Crippen molar-refractivity contribution in [1.29, 1.82) is 0 Å². The van der Waals surface area contributed by atoms with Crippen molar-refractivity contribution in [3.8, 4) is 5.69 Å². The third-order valence-corrected chi connectivity index (χ3v) is 3.53. The van der Waals surface area contributed by atoms with Crippen molar-refractivity contribution in [3.05, 3.63) is 66.5 Å². The molecular weight excluding hydrogens is 304 g/mol. The van der Waals surface area contributed by atoms with Crippen LogP contribution in [-0.2, 0) is 9.53 Å². The summed E-state index contributed by atoms with van der Waals surface area (Å²) in [6.07, 6.45) is 3.85. The van der Waals surface area contributed by atoms with Crippen LogP contribution in [0.2, 0.25) is 0 Å². The highest BCUT2D eigenvalue weighted by molar-refractivity contribution is 5.91. The lowest BCUT2D eigenvalue weighted by atomic mass is 10.2. The SMILES string of the molecule is C=C(C)CN(CC)C(=O)COC(=O)c1ccc(-n2cccc2)cc1. The van der Waals surface area contributed by atoms with Crippen molar-refractivity contribution in [2.24, 2.45) is 0 Å². The van der Waals surface area contributed by atoms with E-state index >= 15 is 0 Å². The highest BCUT2D eigenvalue weighted by atomic mass is 16.5. The van der Waals surface area contributed by atoms with Gasteiger partial charge in [-0.2, -0.15) is 0 Å². The smallest absolute Gasteiger partial charge is 0.338 e. The monoisotopic (exact) mass is 326 g/mol. The highest BCUT2D eigenvalue weighted by Gasteiger charge is 2.15. The lowest BCUT2D eigenvalue weighted by Gasteiger charge is -2.20. The molecule has 0 unspecified atom stereocenters. The Morgan fingerprint density at radius 1 is 1.17 bits per heavy atom. The normalized spacial score (nSPS) is 10.2. The molecule has 1 aromatic carbocycles. The van der Waals surface area contributed by atoms with Gasteiger partial charge in [0, 0.05) is 31.2 Å². The fourth-order valence-electron chi connectivity index (χ4n) is 2.28. The molecule has 0 aliphatic rings. The Bertz CT molecular complexity index is 703. The van der Waals surface area contributed by atoms with Crippen LogP contribution in [0.5, 0.6) is 0 Å². The summed E-state index contributed by atoms with van der Waals surface area (Å²) in [5.74, 6) is -0.730. The summed E-state index contributed by atoms with van der Waals surface area (Å²) in [4.78, 5) is 25.7. The molecular formula is C19H22N2O3. The molecule has 1 heterocycles. The molecule has 0 atom stereocenters. The molecule has 0 aliphatic heterocycles. The van der Waals surface area contributed by atoms with Gasteiger partial charge in [0.25, 0.3) is 5.91 Å². The van der Waals surface area contributed by atoms with Crippen molar-refractivity contribution in [2.45, 2.75) is 13.8 Å². The van der Waals surface area contributed by atoms with Crippen molar-refractivity contribution >= 4 is 11.9 Å². The Kier molecular flexibility index (Phi) is 5.95. The molecule has 0 saturated carbocycles. The van der Waals surface area contributed by atoms with Gasteiger partial charge in [0.1, 0.15) is 0 Å². The van der Waals surface area contributed by atoms with Gasteiger partial charge >= 0.3 is 5.97 Å². The average molecular weight is 326 g/mol. The molecule has 126 valence electrons. The summed E-state index contributed by atoms with van der Waals surface area (Å²) >= 11 is 0. The first-order valence-electron chi connectivity index (χ1n) is 7.84.